The SMILES string of the molecule is CCOC(C)C(=O)N[C@@H](Cc1ccccc1)C(=O)O. The molecule has 0 saturated carbocycles. The molecule has 0 saturated heterocycles. The van der Waals surface area contributed by atoms with Gasteiger partial charge in [-0.1, -0.05) is 30.3 Å². The lowest BCUT2D eigenvalue weighted by atomic mass is 10.1. The van der Waals surface area contributed by atoms with Gasteiger partial charge in [0, 0.05) is 13.0 Å². The van der Waals surface area contributed by atoms with E-state index in [2.05, 4.69) is 5.32 Å². The van der Waals surface area contributed by atoms with Gasteiger partial charge in [-0.25, -0.2) is 4.79 Å². The van der Waals surface area contributed by atoms with Crippen molar-refractivity contribution in [1.29, 1.82) is 0 Å². The van der Waals surface area contributed by atoms with Crippen LogP contribution in [0.2, 0.25) is 0 Å². The van der Waals surface area contributed by atoms with E-state index in [1.807, 2.05) is 30.3 Å². The summed E-state index contributed by atoms with van der Waals surface area (Å²) in [5, 5.41) is 11.6. The van der Waals surface area contributed by atoms with Crippen LogP contribution in [-0.4, -0.2) is 35.7 Å². The molecule has 104 valence electrons. The third-order valence-corrected chi connectivity index (χ3v) is 2.68. The molecule has 0 bridgehead atoms. The second-order valence-electron chi connectivity index (χ2n) is 4.19. The molecule has 1 unspecified atom stereocenters. The van der Waals surface area contributed by atoms with Crippen molar-refractivity contribution in [3.63, 3.8) is 0 Å². The molecule has 0 aliphatic heterocycles. The maximum atomic E-state index is 11.7. The van der Waals surface area contributed by atoms with Crippen LogP contribution >= 0.6 is 0 Å². The number of carboxylic acid groups (broad SMARTS) is 1. The Kier molecular flexibility index (Phi) is 6.02. The summed E-state index contributed by atoms with van der Waals surface area (Å²) in [5.41, 5.74) is 0.860. The lowest BCUT2D eigenvalue weighted by molar-refractivity contribution is -0.143. The first-order chi connectivity index (χ1) is 9.04. The van der Waals surface area contributed by atoms with E-state index >= 15 is 0 Å². The van der Waals surface area contributed by atoms with Gasteiger partial charge in [0.05, 0.1) is 0 Å². The normalized spacial score (nSPS) is 13.6. The van der Waals surface area contributed by atoms with Crippen LogP contribution < -0.4 is 5.32 Å². The summed E-state index contributed by atoms with van der Waals surface area (Å²) in [7, 11) is 0. The van der Waals surface area contributed by atoms with Gasteiger partial charge in [0.15, 0.2) is 0 Å². The molecule has 19 heavy (non-hydrogen) atoms. The summed E-state index contributed by atoms with van der Waals surface area (Å²) >= 11 is 0. The summed E-state index contributed by atoms with van der Waals surface area (Å²) in [6, 6.07) is 8.23. The van der Waals surface area contributed by atoms with E-state index in [1.165, 1.54) is 0 Å². The highest BCUT2D eigenvalue weighted by Crippen LogP contribution is 2.04. The van der Waals surface area contributed by atoms with Crippen molar-refractivity contribution in [3.8, 4) is 0 Å². The second kappa shape index (κ2) is 7.53. The number of carboxylic acids is 1. The minimum atomic E-state index is -1.05. The molecule has 0 fully saturated rings. The van der Waals surface area contributed by atoms with Crippen molar-refractivity contribution in [2.24, 2.45) is 0 Å². The number of aliphatic carboxylic acids is 1. The number of carbonyl (C=O) groups is 2. The first kappa shape index (κ1) is 15.2. The number of rotatable bonds is 7. The fourth-order valence-corrected chi connectivity index (χ4v) is 1.66. The van der Waals surface area contributed by atoms with Crippen LogP contribution in [-0.2, 0) is 20.7 Å². The summed E-state index contributed by atoms with van der Waals surface area (Å²) in [6.45, 7) is 3.79. The van der Waals surface area contributed by atoms with Gasteiger partial charge in [-0.05, 0) is 19.4 Å². The molecule has 0 radical (unpaired) electrons. The Labute approximate surface area is 112 Å². The summed E-state index contributed by atoms with van der Waals surface area (Å²) in [5.74, 6) is -1.47. The zero-order valence-corrected chi connectivity index (χ0v) is 11.1. The summed E-state index contributed by atoms with van der Waals surface area (Å²) < 4.78 is 5.13. The molecule has 1 aromatic carbocycles. The lowest BCUT2D eigenvalue weighted by Gasteiger charge is -2.17. The van der Waals surface area contributed by atoms with Gasteiger partial charge in [-0.2, -0.15) is 0 Å². The average Bonchev–Trinajstić information content (AvgIpc) is 2.39. The minimum Gasteiger partial charge on any atom is -0.480 e. The highest BCUT2D eigenvalue weighted by atomic mass is 16.5. The van der Waals surface area contributed by atoms with E-state index in [9.17, 15) is 9.59 Å². The lowest BCUT2D eigenvalue weighted by Crippen LogP contribution is -2.46. The predicted molar refractivity (Wildman–Crippen MR) is 70.8 cm³/mol. The maximum Gasteiger partial charge on any atom is 0.326 e. The van der Waals surface area contributed by atoms with Crippen LogP contribution in [0.5, 0.6) is 0 Å². The minimum absolute atomic E-state index is 0.251. The number of ether oxygens (including phenoxy) is 1. The first-order valence-corrected chi connectivity index (χ1v) is 6.23. The molecule has 5 heteroatoms. The molecule has 0 aromatic heterocycles. The zero-order valence-electron chi connectivity index (χ0n) is 11.1. The van der Waals surface area contributed by atoms with Gasteiger partial charge in [-0.3, -0.25) is 4.79 Å². The highest BCUT2D eigenvalue weighted by Gasteiger charge is 2.23. The van der Waals surface area contributed by atoms with Crippen molar-refractivity contribution in [1.82, 2.24) is 5.32 Å². The van der Waals surface area contributed by atoms with Crippen LogP contribution in [0.1, 0.15) is 19.4 Å². The van der Waals surface area contributed by atoms with Crippen molar-refractivity contribution in [3.05, 3.63) is 35.9 Å². The monoisotopic (exact) mass is 265 g/mol. The Balaban J connectivity index is 2.64. The molecule has 0 aliphatic rings. The summed E-state index contributed by atoms with van der Waals surface area (Å²) in [4.78, 5) is 22.9. The third kappa shape index (κ3) is 5.09. The van der Waals surface area contributed by atoms with Crippen LogP contribution in [0.3, 0.4) is 0 Å². The number of nitrogens with one attached hydrogen (secondary N) is 1. The van der Waals surface area contributed by atoms with E-state index in [4.69, 9.17) is 9.84 Å². The molecule has 0 aliphatic carbocycles. The van der Waals surface area contributed by atoms with E-state index in [1.54, 1.807) is 13.8 Å². The Morgan fingerprint density at radius 1 is 1.32 bits per heavy atom. The van der Waals surface area contributed by atoms with E-state index in [0.717, 1.165) is 5.56 Å². The smallest absolute Gasteiger partial charge is 0.326 e. The molecule has 5 nitrogen and oxygen atoms in total. The number of benzene rings is 1. The van der Waals surface area contributed by atoms with E-state index in [0.29, 0.717) is 6.61 Å². The van der Waals surface area contributed by atoms with Crippen LogP contribution in [0.15, 0.2) is 30.3 Å². The van der Waals surface area contributed by atoms with Gasteiger partial charge in [-0.15, -0.1) is 0 Å². The van der Waals surface area contributed by atoms with Crippen LogP contribution in [0.25, 0.3) is 0 Å². The molecule has 2 atom stereocenters. The quantitative estimate of drug-likeness (QED) is 0.777. The topological polar surface area (TPSA) is 75.6 Å². The molecule has 2 N–H and O–H groups in total. The van der Waals surface area contributed by atoms with Gasteiger partial charge in [0.1, 0.15) is 12.1 Å². The maximum absolute atomic E-state index is 11.7. The van der Waals surface area contributed by atoms with Crippen molar-refractivity contribution >= 4 is 11.9 Å². The fourth-order valence-electron chi connectivity index (χ4n) is 1.66. The Morgan fingerprint density at radius 3 is 2.47 bits per heavy atom. The van der Waals surface area contributed by atoms with Crippen LogP contribution in [0.4, 0.5) is 0 Å². The highest BCUT2D eigenvalue weighted by molar-refractivity contribution is 5.86. The van der Waals surface area contributed by atoms with Crippen molar-refractivity contribution in [2.45, 2.75) is 32.4 Å². The van der Waals surface area contributed by atoms with E-state index < -0.39 is 24.0 Å². The summed E-state index contributed by atoms with van der Waals surface area (Å²) in [6.07, 6.45) is -0.400. The average molecular weight is 265 g/mol. The van der Waals surface area contributed by atoms with Crippen LogP contribution in [0, 0.1) is 0 Å². The standard InChI is InChI=1S/C14H19NO4/c1-3-19-10(2)13(16)15-12(14(17)18)9-11-7-5-4-6-8-11/h4-8,10,12H,3,9H2,1-2H3,(H,15,16)(H,17,18)/t10?,12-/m0/s1. The molecule has 0 spiro atoms. The van der Waals surface area contributed by atoms with Gasteiger partial charge >= 0.3 is 5.97 Å². The number of hydrogen-bond donors (Lipinski definition) is 2. The predicted octanol–water partition coefficient (Wildman–Crippen LogP) is 1.22. The molecule has 1 amide bonds. The number of carbonyl (C=O) groups excluding carboxylic acids is 1. The Hall–Kier alpha value is -1.88. The zero-order chi connectivity index (χ0) is 14.3. The van der Waals surface area contributed by atoms with E-state index in [-0.39, 0.29) is 6.42 Å². The fraction of sp³-hybridized carbons (Fsp3) is 0.429. The third-order valence-electron chi connectivity index (χ3n) is 2.68. The first-order valence-electron chi connectivity index (χ1n) is 6.23. The number of amides is 1. The molecular weight excluding hydrogens is 246 g/mol. The van der Waals surface area contributed by atoms with Gasteiger partial charge in [0.25, 0.3) is 0 Å². The molecular formula is C14H19NO4. The van der Waals surface area contributed by atoms with Gasteiger partial charge in [0.2, 0.25) is 5.91 Å². The Bertz CT molecular complexity index is 419. The Morgan fingerprint density at radius 2 is 1.95 bits per heavy atom. The van der Waals surface area contributed by atoms with Gasteiger partial charge < -0.3 is 15.2 Å². The van der Waals surface area contributed by atoms with Crippen molar-refractivity contribution in [2.75, 3.05) is 6.61 Å². The number of hydrogen-bond acceptors (Lipinski definition) is 3. The second-order valence-corrected chi connectivity index (χ2v) is 4.19. The molecule has 1 aromatic rings. The molecule has 1 rings (SSSR count). The largest absolute Gasteiger partial charge is 0.480 e. The molecule has 0 heterocycles. The van der Waals surface area contributed by atoms with Crippen molar-refractivity contribution < 1.29 is 19.4 Å².